The molecule has 1 aromatic carbocycles. The Balaban J connectivity index is 2.06. The van der Waals surface area contributed by atoms with Crippen molar-refractivity contribution in [1.29, 1.82) is 0 Å². The highest BCUT2D eigenvalue weighted by Crippen LogP contribution is 2.31. The first-order valence-electron chi connectivity index (χ1n) is 4.99. The molecule has 0 atom stereocenters. The monoisotopic (exact) mass is 278 g/mol. The Morgan fingerprint density at radius 2 is 1.94 bits per heavy atom. The van der Waals surface area contributed by atoms with Gasteiger partial charge in [0, 0.05) is 0 Å². The molecule has 3 aromatic rings. The number of hydrogen-bond donors (Lipinski definition) is 2. The van der Waals surface area contributed by atoms with Crippen LogP contribution in [0.1, 0.15) is 0 Å². The van der Waals surface area contributed by atoms with Gasteiger partial charge in [0.2, 0.25) is 5.95 Å². The van der Waals surface area contributed by atoms with Crippen LogP contribution in [0.25, 0.3) is 11.0 Å². The van der Waals surface area contributed by atoms with Crippen LogP contribution >= 0.6 is 23.3 Å². The van der Waals surface area contributed by atoms with E-state index in [2.05, 4.69) is 24.0 Å². The molecule has 2 aromatic heterocycles. The maximum atomic E-state index is 6.14. The van der Waals surface area contributed by atoms with Crippen LogP contribution in [0.3, 0.4) is 0 Å². The maximum absolute atomic E-state index is 6.14. The molecule has 0 unspecified atom stereocenters. The number of fused-ring (bicyclic) bond motifs is 1. The molecule has 18 heavy (non-hydrogen) atoms. The van der Waals surface area contributed by atoms with Crippen LogP contribution in [0.15, 0.2) is 24.5 Å². The third-order valence-electron chi connectivity index (χ3n) is 2.29. The van der Waals surface area contributed by atoms with Gasteiger partial charge in [-0.3, -0.25) is 0 Å². The highest BCUT2D eigenvalue weighted by molar-refractivity contribution is 7.00. The van der Waals surface area contributed by atoms with Crippen LogP contribution in [0.2, 0.25) is 5.02 Å². The number of nitrogens with one attached hydrogen (secondary N) is 1. The second-order valence-electron chi connectivity index (χ2n) is 3.52. The second kappa shape index (κ2) is 4.35. The zero-order chi connectivity index (χ0) is 12.5. The first-order chi connectivity index (χ1) is 8.74. The van der Waals surface area contributed by atoms with E-state index in [1.807, 2.05) is 6.07 Å². The van der Waals surface area contributed by atoms with Crippen molar-refractivity contribution in [3.05, 3.63) is 29.5 Å². The summed E-state index contributed by atoms with van der Waals surface area (Å²) in [6.45, 7) is 0. The highest BCUT2D eigenvalue weighted by atomic mass is 35.5. The molecule has 3 N–H and O–H groups in total. The minimum absolute atomic E-state index is 0.409. The molecular weight excluding hydrogens is 272 g/mol. The van der Waals surface area contributed by atoms with Crippen molar-refractivity contribution >= 4 is 51.7 Å². The van der Waals surface area contributed by atoms with Crippen LogP contribution in [0.4, 0.5) is 17.3 Å². The van der Waals surface area contributed by atoms with Crippen LogP contribution in [0.5, 0.6) is 0 Å². The summed E-state index contributed by atoms with van der Waals surface area (Å²) >= 11 is 7.26. The van der Waals surface area contributed by atoms with E-state index in [1.54, 1.807) is 6.07 Å². The van der Waals surface area contributed by atoms with E-state index < -0.39 is 0 Å². The number of anilines is 3. The Morgan fingerprint density at radius 3 is 2.72 bits per heavy atom. The van der Waals surface area contributed by atoms with Crippen molar-refractivity contribution in [3.8, 4) is 0 Å². The highest BCUT2D eigenvalue weighted by Gasteiger charge is 2.10. The molecule has 0 aliphatic carbocycles. The number of nitrogen functional groups attached to an aromatic ring is 1. The molecule has 3 rings (SSSR count). The van der Waals surface area contributed by atoms with E-state index in [9.17, 15) is 0 Å². The molecule has 0 amide bonds. The Morgan fingerprint density at radius 1 is 1.17 bits per heavy atom. The number of hydrogen-bond acceptors (Lipinski definition) is 7. The molecule has 2 heterocycles. The summed E-state index contributed by atoms with van der Waals surface area (Å²) in [6.07, 6.45) is 3.03. The standard InChI is InChI=1S/C10H7ClN6S/c11-6-1-2-7-9(17-18-16-7)8(6)15-10-13-3-5(12)4-14-10/h1-4H,12H2,(H,13,14,15). The predicted molar refractivity (Wildman–Crippen MR) is 72.2 cm³/mol. The molecule has 0 aliphatic rings. The average molecular weight is 279 g/mol. The summed E-state index contributed by atoms with van der Waals surface area (Å²) in [6, 6.07) is 3.57. The van der Waals surface area contributed by atoms with E-state index in [4.69, 9.17) is 17.3 Å². The first kappa shape index (κ1) is 11.1. The third kappa shape index (κ3) is 1.93. The van der Waals surface area contributed by atoms with Crippen molar-refractivity contribution in [2.24, 2.45) is 0 Å². The third-order valence-corrected chi connectivity index (χ3v) is 3.14. The van der Waals surface area contributed by atoms with Crippen LogP contribution in [-0.2, 0) is 0 Å². The Hall–Kier alpha value is -1.99. The zero-order valence-corrected chi connectivity index (χ0v) is 10.5. The van der Waals surface area contributed by atoms with Gasteiger partial charge in [-0.2, -0.15) is 8.75 Å². The van der Waals surface area contributed by atoms with Gasteiger partial charge in [-0.15, -0.1) is 0 Å². The van der Waals surface area contributed by atoms with Gasteiger partial charge in [-0.05, 0) is 12.1 Å². The second-order valence-corrected chi connectivity index (χ2v) is 4.45. The number of halogens is 1. The van der Waals surface area contributed by atoms with E-state index in [0.717, 1.165) is 17.2 Å². The smallest absolute Gasteiger partial charge is 0.227 e. The summed E-state index contributed by atoms with van der Waals surface area (Å²) in [4.78, 5) is 8.11. The lowest BCUT2D eigenvalue weighted by Crippen LogP contribution is -1.99. The average Bonchev–Trinajstić information content (AvgIpc) is 2.84. The fourth-order valence-corrected chi connectivity index (χ4v) is 2.20. The molecule has 0 saturated carbocycles. The molecule has 8 heteroatoms. The number of rotatable bonds is 2. The van der Waals surface area contributed by atoms with Crippen molar-refractivity contribution in [2.45, 2.75) is 0 Å². The molecule has 6 nitrogen and oxygen atoms in total. The Labute approximate surface area is 111 Å². The van der Waals surface area contributed by atoms with Crippen LogP contribution in [0, 0.1) is 0 Å². The fourth-order valence-electron chi connectivity index (χ4n) is 1.46. The summed E-state index contributed by atoms with van der Waals surface area (Å²) in [5.74, 6) is 0.409. The van der Waals surface area contributed by atoms with Crippen LogP contribution in [-0.4, -0.2) is 18.7 Å². The van der Waals surface area contributed by atoms with Gasteiger partial charge in [-0.25, -0.2) is 9.97 Å². The summed E-state index contributed by atoms with van der Waals surface area (Å²) in [5.41, 5.74) is 8.15. The normalized spacial score (nSPS) is 10.7. The maximum Gasteiger partial charge on any atom is 0.227 e. The van der Waals surface area contributed by atoms with Crippen molar-refractivity contribution in [2.75, 3.05) is 11.1 Å². The lowest BCUT2D eigenvalue weighted by atomic mass is 10.2. The number of nitrogens with two attached hydrogens (primary N) is 1. The summed E-state index contributed by atoms with van der Waals surface area (Å²) in [7, 11) is 0. The number of aromatic nitrogens is 4. The largest absolute Gasteiger partial charge is 0.396 e. The quantitative estimate of drug-likeness (QED) is 0.748. The molecule has 0 spiro atoms. The summed E-state index contributed by atoms with van der Waals surface area (Å²) in [5, 5.41) is 3.56. The van der Waals surface area contributed by atoms with Crippen molar-refractivity contribution < 1.29 is 0 Å². The molecule has 0 saturated heterocycles. The molecule has 0 fully saturated rings. The molecule has 0 bridgehead atoms. The van der Waals surface area contributed by atoms with Gasteiger partial charge < -0.3 is 11.1 Å². The van der Waals surface area contributed by atoms with E-state index >= 15 is 0 Å². The number of nitrogens with zero attached hydrogens (tertiary/aromatic N) is 4. The molecule has 90 valence electrons. The molecule has 0 aliphatic heterocycles. The van der Waals surface area contributed by atoms with Gasteiger partial charge >= 0.3 is 0 Å². The lowest BCUT2D eigenvalue weighted by Gasteiger charge is -2.06. The van der Waals surface area contributed by atoms with Crippen molar-refractivity contribution in [3.63, 3.8) is 0 Å². The van der Waals surface area contributed by atoms with Gasteiger partial charge in [0.05, 0.1) is 40.5 Å². The first-order valence-corrected chi connectivity index (χ1v) is 6.10. The van der Waals surface area contributed by atoms with Crippen molar-refractivity contribution in [1.82, 2.24) is 18.7 Å². The topological polar surface area (TPSA) is 89.6 Å². The van der Waals surface area contributed by atoms with Gasteiger partial charge in [0.1, 0.15) is 11.0 Å². The zero-order valence-electron chi connectivity index (χ0n) is 8.96. The van der Waals surface area contributed by atoms with E-state index in [0.29, 0.717) is 27.9 Å². The molecular formula is C10H7ClN6S. The Kier molecular flexibility index (Phi) is 2.69. The van der Waals surface area contributed by atoms with Crippen LogP contribution < -0.4 is 11.1 Å². The van der Waals surface area contributed by atoms with E-state index in [1.165, 1.54) is 12.4 Å². The minimum Gasteiger partial charge on any atom is -0.396 e. The number of benzene rings is 1. The minimum atomic E-state index is 0.409. The van der Waals surface area contributed by atoms with Gasteiger partial charge in [-0.1, -0.05) is 11.6 Å². The van der Waals surface area contributed by atoms with Gasteiger partial charge in [0.15, 0.2) is 0 Å². The summed E-state index contributed by atoms with van der Waals surface area (Å²) < 4.78 is 8.34. The SMILES string of the molecule is Nc1cnc(Nc2c(Cl)ccc3nsnc23)nc1. The fraction of sp³-hybridized carbons (Fsp3) is 0. The molecule has 0 radical (unpaired) electrons. The predicted octanol–water partition coefficient (Wildman–Crippen LogP) is 2.46. The lowest BCUT2D eigenvalue weighted by molar-refractivity contribution is 1.17. The van der Waals surface area contributed by atoms with Gasteiger partial charge in [0.25, 0.3) is 0 Å². The van der Waals surface area contributed by atoms with E-state index in [-0.39, 0.29) is 0 Å². The Bertz CT molecular complexity index is 695.